The minimum Gasteiger partial charge on any atom is -0.378 e. The van der Waals surface area contributed by atoms with Gasteiger partial charge in [0.05, 0.1) is 6.10 Å². The highest BCUT2D eigenvalue weighted by Gasteiger charge is 2.56. The van der Waals surface area contributed by atoms with E-state index in [4.69, 9.17) is 4.74 Å². The van der Waals surface area contributed by atoms with Gasteiger partial charge in [0, 0.05) is 18.1 Å². The van der Waals surface area contributed by atoms with Gasteiger partial charge in [-0.2, -0.15) is 0 Å². The van der Waals surface area contributed by atoms with Gasteiger partial charge in [-0.3, -0.25) is 0 Å². The third kappa shape index (κ3) is 1.80. The Morgan fingerprint density at radius 2 is 2.00 bits per heavy atom. The molecule has 3 saturated carbocycles. The minimum absolute atomic E-state index is 0.526. The Labute approximate surface area is 99.1 Å². The van der Waals surface area contributed by atoms with Gasteiger partial charge in [-0.25, -0.2) is 0 Å². The van der Waals surface area contributed by atoms with Gasteiger partial charge in [0.2, 0.25) is 0 Å². The van der Waals surface area contributed by atoms with Crippen LogP contribution >= 0.6 is 0 Å². The summed E-state index contributed by atoms with van der Waals surface area (Å²) in [6, 6.07) is 0.737. The third-order valence-electron chi connectivity index (χ3n) is 5.21. The first-order valence-corrected chi connectivity index (χ1v) is 7.14. The predicted octanol–water partition coefficient (Wildman–Crippen LogP) is 2.72. The maximum atomic E-state index is 6.16. The molecular formula is C14H25NO. The summed E-state index contributed by atoms with van der Waals surface area (Å²) in [5, 5.41) is 3.50. The summed E-state index contributed by atoms with van der Waals surface area (Å²) in [6.45, 7) is 1.02. The Hall–Kier alpha value is -0.0800. The first-order chi connectivity index (χ1) is 7.85. The summed E-state index contributed by atoms with van der Waals surface area (Å²) in [5.74, 6) is 1.01. The van der Waals surface area contributed by atoms with Crippen molar-refractivity contribution in [1.29, 1.82) is 0 Å². The number of ether oxygens (including phenoxy) is 1. The lowest BCUT2D eigenvalue weighted by atomic mass is 9.60. The van der Waals surface area contributed by atoms with Crippen LogP contribution in [0, 0.1) is 11.3 Å². The van der Waals surface area contributed by atoms with E-state index in [2.05, 4.69) is 12.4 Å². The fourth-order valence-electron chi connectivity index (χ4n) is 3.87. The fraction of sp³-hybridized carbons (Fsp3) is 1.00. The highest BCUT2D eigenvalue weighted by atomic mass is 16.5. The van der Waals surface area contributed by atoms with Crippen LogP contribution in [0.2, 0.25) is 0 Å². The van der Waals surface area contributed by atoms with Crippen LogP contribution in [0.25, 0.3) is 0 Å². The average molecular weight is 223 g/mol. The molecule has 2 nitrogen and oxygen atoms in total. The van der Waals surface area contributed by atoms with E-state index in [1.807, 2.05) is 0 Å². The van der Waals surface area contributed by atoms with Gasteiger partial charge in [-0.1, -0.05) is 25.7 Å². The van der Waals surface area contributed by atoms with Gasteiger partial charge in [0.15, 0.2) is 0 Å². The van der Waals surface area contributed by atoms with Crippen LogP contribution in [0.5, 0.6) is 0 Å². The summed E-state index contributed by atoms with van der Waals surface area (Å²) < 4.78 is 6.16. The van der Waals surface area contributed by atoms with Crippen LogP contribution in [0.3, 0.4) is 0 Å². The third-order valence-corrected chi connectivity index (χ3v) is 5.21. The van der Waals surface area contributed by atoms with E-state index in [1.54, 1.807) is 0 Å². The molecule has 0 aromatic carbocycles. The highest BCUT2D eigenvalue weighted by Crippen LogP contribution is 2.54. The van der Waals surface area contributed by atoms with E-state index in [1.165, 1.54) is 51.4 Å². The molecular weight excluding hydrogens is 198 g/mol. The molecule has 16 heavy (non-hydrogen) atoms. The summed E-state index contributed by atoms with van der Waals surface area (Å²) in [5.41, 5.74) is 0.526. The first-order valence-electron chi connectivity index (χ1n) is 7.14. The lowest BCUT2D eigenvalue weighted by Gasteiger charge is -2.54. The maximum absolute atomic E-state index is 6.16. The molecule has 3 aliphatic rings. The topological polar surface area (TPSA) is 21.3 Å². The maximum Gasteiger partial charge on any atom is 0.0661 e. The molecule has 92 valence electrons. The van der Waals surface area contributed by atoms with Crippen LogP contribution < -0.4 is 5.32 Å². The Morgan fingerprint density at radius 1 is 1.25 bits per heavy atom. The molecule has 2 heteroatoms. The van der Waals surface area contributed by atoms with Crippen molar-refractivity contribution < 1.29 is 4.74 Å². The lowest BCUT2D eigenvalue weighted by molar-refractivity contribution is -0.132. The standard InChI is InChI=1S/C14H25NO/c1-15-12-10-13(14(12)7-2-3-8-14)16-9-6-11-4-5-11/h11-13,15H,2-10H2,1H3. The van der Waals surface area contributed by atoms with Crippen LogP contribution in [0.15, 0.2) is 0 Å². The average Bonchev–Trinajstić information content (AvgIpc) is 2.95. The summed E-state index contributed by atoms with van der Waals surface area (Å²) in [4.78, 5) is 0. The molecule has 0 amide bonds. The number of rotatable bonds is 5. The SMILES string of the molecule is CNC1CC(OCCC2CC2)C12CCCC2. The molecule has 0 bridgehead atoms. The molecule has 0 aromatic heterocycles. The number of hydrogen-bond acceptors (Lipinski definition) is 2. The summed E-state index contributed by atoms with van der Waals surface area (Å²) >= 11 is 0. The van der Waals surface area contributed by atoms with Gasteiger partial charge in [0.25, 0.3) is 0 Å². The molecule has 3 fully saturated rings. The molecule has 0 aliphatic heterocycles. The zero-order chi connectivity index (χ0) is 11.0. The lowest BCUT2D eigenvalue weighted by Crippen LogP contribution is -2.61. The van der Waals surface area contributed by atoms with Gasteiger partial charge in [0.1, 0.15) is 0 Å². The van der Waals surface area contributed by atoms with E-state index in [-0.39, 0.29) is 0 Å². The molecule has 0 aromatic rings. The Balaban J connectivity index is 1.50. The van der Waals surface area contributed by atoms with Crippen LogP contribution in [-0.2, 0) is 4.74 Å². The van der Waals surface area contributed by atoms with Crippen molar-refractivity contribution >= 4 is 0 Å². The molecule has 1 N–H and O–H groups in total. The van der Waals surface area contributed by atoms with E-state index in [0.29, 0.717) is 11.5 Å². The quantitative estimate of drug-likeness (QED) is 0.774. The number of nitrogens with one attached hydrogen (secondary N) is 1. The zero-order valence-corrected chi connectivity index (χ0v) is 10.5. The van der Waals surface area contributed by atoms with Crippen molar-refractivity contribution in [2.75, 3.05) is 13.7 Å². The molecule has 0 radical (unpaired) electrons. The molecule has 3 rings (SSSR count). The largest absolute Gasteiger partial charge is 0.378 e. The van der Waals surface area contributed by atoms with Crippen molar-refractivity contribution in [2.45, 2.75) is 63.5 Å². The molecule has 0 heterocycles. The Kier molecular flexibility index (Phi) is 2.97. The van der Waals surface area contributed by atoms with Crippen molar-refractivity contribution in [3.8, 4) is 0 Å². The summed E-state index contributed by atoms with van der Waals surface area (Å²) in [7, 11) is 2.12. The van der Waals surface area contributed by atoms with Gasteiger partial charge in [-0.05, 0) is 38.6 Å². The van der Waals surface area contributed by atoms with E-state index in [9.17, 15) is 0 Å². The molecule has 2 atom stereocenters. The Bertz CT molecular complexity index is 243. The predicted molar refractivity (Wildman–Crippen MR) is 65.4 cm³/mol. The minimum atomic E-state index is 0.526. The fourth-order valence-corrected chi connectivity index (χ4v) is 3.87. The van der Waals surface area contributed by atoms with E-state index < -0.39 is 0 Å². The Morgan fingerprint density at radius 3 is 2.62 bits per heavy atom. The van der Waals surface area contributed by atoms with Crippen LogP contribution in [-0.4, -0.2) is 25.8 Å². The van der Waals surface area contributed by atoms with Crippen molar-refractivity contribution in [1.82, 2.24) is 5.32 Å². The monoisotopic (exact) mass is 223 g/mol. The van der Waals surface area contributed by atoms with Crippen LogP contribution in [0.1, 0.15) is 51.4 Å². The van der Waals surface area contributed by atoms with Crippen molar-refractivity contribution in [3.05, 3.63) is 0 Å². The van der Waals surface area contributed by atoms with E-state index in [0.717, 1.165) is 18.6 Å². The molecule has 2 unspecified atom stereocenters. The van der Waals surface area contributed by atoms with Crippen LogP contribution in [0.4, 0.5) is 0 Å². The summed E-state index contributed by atoms with van der Waals surface area (Å²) in [6.07, 6.45) is 11.7. The second-order valence-corrected chi connectivity index (χ2v) is 6.11. The molecule has 1 spiro atoms. The van der Waals surface area contributed by atoms with E-state index >= 15 is 0 Å². The highest BCUT2D eigenvalue weighted by molar-refractivity contribution is 5.09. The van der Waals surface area contributed by atoms with Gasteiger partial charge in [-0.15, -0.1) is 0 Å². The second-order valence-electron chi connectivity index (χ2n) is 6.11. The first kappa shape index (κ1) is 11.0. The van der Waals surface area contributed by atoms with Gasteiger partial charge < -0.3 is 10.1 Å². The van der Waals surface area contributed by atoms with Crippen molar-refractivity contribution in [2.24, 2.45) is 11.3 Å². The normalized spacial score (nSPS) is 36.6. The molecule has 3 aliphatic carbocycles. The van der Waals surface area contributed by atoms with Crippen molar-refractivity contribution in [3.63, 3.8) is 0 Å². The molecule has 0 saturated heterocycles. The zero-order valence-electron chi connectivity index (χ0n) is 10.5. The van der Waals surface area contributed by atoms with Gasteiger partial charge >= 0.3 is 0 Å². The number of hydrogen-bond donors (Lipinski definition) is 1. The second kappa shape index (κ2) is 4.30. The smallest absolute Gasteiger partial charge is 0.0661 e.